The van der Waals surface area contributed by atoms with Crippen LogP contribution in [0.2, 0.25) is 0 Å². The molecule has 0 saturated heterocycles. The molecule has 2 aromatic rings. The molecule has 1 atom stereocenters. The van der Waals surface area contributed by atoms with Crippen molar-refractivity contribution in [3.8, 4) is 11.5 Å². The van der Waals surface area contributed by atoms with Crippen molar-refractivity contribution in [2.45, 2.75) is 19.6 Å². The predicted octanol–water partition coefficient (Wildman–Crippen LogP) is 4.09. The molecule has 0 aliphatic heterocycles. The van der Waals surface area contributed by atoms with E-state index in [0.29, 0.717) is 5.56 Å². The third-order valence-corrected chi connectivity index (χ3v) is 3.59. The molecular formula is C17H17F2N3O5. The third kappa shape index (κ3) is 5.27. The van der Waals surface area contributed by atoms with Crippen LogP contribution in [-0.2, 0) is 0 Å². The van der Waals surface area contributed by atoms with Crippen LogP contribution in [0.3, 0.4) is 0 Å². The molecule has 144 valence electrons. The number of nitro benzene ring substituents is 1. The molecule has 27 heavy (non-hydrogen) atoms. The maximum Gasteiger partial charge on any atom is 0.387 e. The maximum atomic E-state index is 12.5. The molecule has 1 unspecified atom stereocenters. The Kier molecular flexibility index (Phi) is 6.47. The van der Waals surface area contributed by atoms with Gasteiger partial charge in [-0.15, -0.1) is 0 Å². The fourth-order valence-electron chi connectivity index (χ4n) is 2.38. The standard InChI is InChI=1S/C17H17F2N3O5/c1-10(12-5-3-4-6-14(12)27-16(18)19)20-17(23)21-13-9-11(22(24)25)7-8-15(13)26-2/h3-10,16H,1-2H3,(H2,20,21,23). The van der Waals surface area contributed by atoms with Crippen LogP contribution < -0.4 is 20.1 Å². The molecule has 0 saturated carbocycles. The molecule has 2 amide bonds. The SMILES string of the molecule is COc1ccc([N+](=O)[O-])cc1NC(=O)NC(C)c1ccccc1OC(F)F. The second-order valence-electron chi connectivity index (χ2n) is 5.38. The van der Waals surface area contributed by atoms with Crippen molar-refractivity contribution in [2.75, 3.05) is 12.4 Å². The van der Waals surface area contributed by atoms with Gasteiger partial charge in [0.15, 0.2) is 0 Å². The third-order valence-electron chi connectivity index (χ3n) is 3.59. The molecule has 2 rings (SSSR count). The zero-order valence-corrected chi connectivity index (χ0v) is 14.4. The summed E-state index contributed by atoms with van der Waals surface area (Å²) in [6, 6.07) is 8.41. The number of hydrogen-bond donors (Lipinski definition) is 2. The first-order valence-electron chi connectivity index (χ1n) is 7.75. The molecule has 0 spiro atoms. The number of nitro groups is 1. The van der Waals surface area contributed by atoms with E-state index in [2.05, 4.69) is 15.4 Å². The highest BCUT2D eigenvalue weighted by Gasteiger charge is 2.18. The van der Waals surface area contributed by atoms with Crippen LogP contribution in [0.15, 0.2) is 42.5 Å². The molecule has 0 radical (unpaired) electrons. The Morgan fingerprint density at radius 3 is 2.52 bits per heavy atom. The van der Waals surface area contributed by atoms with Crippen molar-refractivity contribution in [3.63, 3.8) is 0 Å². The number of alkyl halides is 2. The molecule has 0 heterocycles. The van der Waals surface area contributed by atoms with E-state index in [4.69, 9.17) is 4.74 Å². The van der Waals surface area contributed by atoms with Gasteiger partial charge in [-0.25, -0.2) is 4.79 Å². The maximum absolute atomic E-state index is 12.5. The predicted molar refractivity (Wildman–Crippen MR) is 93.3 cm³/mol. The normalized spacial score (nSPS) is 11.6. The number of amides is 2. The van der Waals surface area contributed by atoms with Crippen molar-refractivity contribution in [1.82, 2.24) is 5.32 Å². The highest BCUT2D eigenvalue weighted by Crippen LogP contribution is 2.30. The number of ether oxygens (including phenoxy) is 2. The molecule has 0 aliphatic rings. The fourth-order valence-corrected chi connectivity index (χ4v) is 2.38. The largest absolute Gasteiger partial charge is 0.495 e. The minimum Gasteiger partial charge on any atom is -0.495 e. The molecular weight excluding hydrogens is 364 g/mol. The molecule has 2 aromatic carbocycles. The molecule has 2 N–H and O–H groups in total. The lowest BCUT2D eigenvalue weighted by atomic mass is 10.1. The Balaban J connectivity index is 2.14. The van der Waals surface area contributed by atoms with E-state index in [9.17, 15) is 23.7 Å². The van der Waals surface area contributed by atoms with Crippen molar-refractivity contribution in [2.24, 2.45) is 0 Å². The van der Waals surface area contributed by atoms with Gasteiger partial charge in [-0.3, -0.25) is 10.1 Å². The van der Waals surface area contributed by atoms with Gasteiger partial charge in [-0.2, -0.15) is 8.78 Å². The summed E-state index contributed by atoms with van der Waals surface area (Å²) >= 11 is 0. The minimum atomic E-state index is -3.00. The average molecular weight is 381 g/mol. The Bertz CT molecular complexity index is 832. The van der Waals surface area contributed by atoms with E-state index < -0.39 is 23.6 Å². The monoisotopic (exact) mass is 381 g/mol. The van der Waals surface area contributed by atoms with Crippen molar-refractivity contribution >= 4 is 17.4 Å². The topological polar surface area (TPSA) is 103 Å². The summed E-state index contributed by atoms with van der Waals surface area (Å²) in [6.07, 6.45) is 0. The molecule has 0 aliphatic carbocycles. The molecule has 0 aromatic heterocycles. The quantitative estimate of drug-likeness (QED) is 0.555. The van der Waals surface area contributed by atoms with Crippen LogP contribution in [0.4, 0.5) is 25.0 Å². The number of carbonyl (C=O) groups excluding carboxylic acids is 1. The lowest BCUT2D eigenvalue weighted by Crippen LogP contribution is -2.31. The Morgan fingerprint density at radius 1 is 1.19 bits per heavy atom. The van der Waals surface area contributed by atoms with Gasteiger partial charge in [0.2, 0.25) is 0 Å². The van der Waals surface area contributed by atoms with Gasteiger partial charge in [0.1, 0.15) is 11.5 Å². The van der Waals surface area contributed by atoms with Gasteiger partial charge < -0.3 is 20.1 Å². The second kappa shape index (κ2) is 8.79. The summed E-state index contributed by atoms with van der Waals surface area (Å²) in [5.74, 6) is 0.165. The van der Waals surface area contributed by atoms with Crippen LogP contribution in [0.1, 0.15) is 18.5 Å². The highest BCUT2D eigenvalue weighted by molar-refractivity contribution is 5.91. The smallest absolute Gasteiger partial charge is 0.387 e. The number of halogens is 2. The van der Waals surface area contributed by atoms with Crippen molar-refractivity contribution in [3.05, 3.63) is 58.1 Å². The summed E-state index contributed by atoms with van der Waals surface area (Å²) in [5.41, 5.74) is 0.210. The second-order valence-corrected chi connectivity index (χ2v) is 5.38. The van der Waals surface area contributed by atoms with Gasteiger partial charge in [-0.1, -0.05) is 18.2 Å². The van der Waals surface area contributed by atoms with Crippen LogP contribution in [0.5, 0.6) is 11.5 Å². The van der Waals surface area contributed by atoms with Crippen LogP contribution >= 0.6 is 0 Å². The van der Waals surface area contributed by atoms with Crippen LogP contribution in [0.25, 0.3) is 0 Å². The molecule has 8 nitrogen and oxygen atoms in total. The number of anilines is 1. The Morgan fingerprint density at radius 2 is 1.89 bits per heavy atom. The Labute approximate surface area is 153 Å². The summed E-state index contributed by atoms with van der Waals surface area (Å²) in [5, 5.41) is 15.9. The van der Waals surface area contributed by atoms with E-state index >= 15 is 0 Å². The highest BCUT2D eigenvalue weighted by atomic mass is 19.3. The average Bonchev–Trinajstić information content (AvgIpc) is 2.61. The summed E-state index contributed by atoms with van der Waals surface area (Å²) in [7, 11) is 1.35. The number of benzene rings is 2. The van der Waals surface area contributed by atoms with Crippen LogP contribution in [0, 0.1) is 10.1 Å². The number of hydrogen-bond acceptors (Lipinski definition) is 5. The molecule has 0 fully saturated rings. The number of para-hydroxylation sites is 1. The lowest BCUT2D eigenvalue weighted by molar-refractivity contribution is -0.384. The van der Waals surface area contributed by atoms with E-state index in [-0.39, 0.29) is 22.9 Å². The molecule has 10 heteroatoms. The number of nitrogens with zero attached hydrogens (tertiary/aromatic N) is 1. The zero-order chi connectivity index (χ0) is 20.0. The van der Waals surface area contributed by atoms with E-state index in [1.807, 2.05) is 0 Å². The van der Waals surface area contributed by atoms with Crippen LogP contribution in [-0.4, -0.2) is 24.7 Å². The van der Waals surface area contributed by atoms with Crippen molar-refractivity contribution in [1.29, 1.82) is 0 Å². The number of nitrogens with one attached hydrogen (secondary N) is 2. The van der Waals surface area contributed by atoms with E-state index in [1.165, 1.54) is 37.4 Å². The zero-order valence-electron chi connectivity index (χ0n) is 14.4. The number of methoxy groups -OCH3 is 1. The lowest BCUT2D eigenvalue weighted by Gasteiger charge is -2.19. The first-order chi connectivity index (χ1) is 12.8. The summed E-state index contributed by atoms with van der Waals surface area (Å²) < 4.78 is 34.5. The number of urea groups is 1. The van der Waals surface area contributed by atoms with E-state index in [1.54, 1.807) is 13.0 Å². The summed E-state index contributed by atoms with van der Waals surface area (Å²) in [4.78, 5) is 22.5. The van der Waals surface area contributed by atoms with Gasteiger partial charge in [0, 0.05) is 17.7 Å². The minimum absolute atomic E-state index is 0.0618. The molecule has 0 bridgehead atoms. The Hall–Kier alpha value is -3.43. The number of non-ortho nitro benzene ring substituents is 1. The van der Waals surface area contributed by atoms with Gasteiger partial charge >= 0.3 is 12.6 Å². The van der Waals surface area contributed by atoms with E-state index in [0.717, 1.165) is 6.07 Å². The van der Waals surface area contributed by atoms with Crippen molar-refractivity contribution < 1.29 is 28.0 Å². The first-order valence-corrected chi connectivity index (χ1v) is 7.75. The number of rotatable bonds is 7. The fraction of sp³-hybridized carbons (Fsp3) is 0.235. The van der Waals surface area contributed by atoms with Gasteiger partial charge in [-0.05, 0) is 19.1 Å². The first kappa shape index (κ1) is 19.9. The number of carbonyl (C=O) groups is 1. The summed E-state index contributed by atoms with van der Waals surface area (Å²) in [6.45, 7) is -1.42. The van der Waals surface area contributed by atoms with Gasteiger partial charge in [0.05, 0.1) is 23.8 Å². The van der Waals surface area contributed by atoms with Gasteiger partial charge in [0.25, 0.3) is 5.69 Å².